The Hall–Kier alpha value is -2.40. The highest BCUT2D eigenvalue weighted by Crippen LogP contribution is 2.23. The Labute approximate surface area is 123 Å². The number of carbonyl (C=O) groups is 1. The van der Waals surface area contributed by atoms with Gasteiger partial charge in [0, 0.05) is 19.3 Å². The molecule has 3 rings (SSSR count). The first kappa shape index (κ1) is 13.6. The number of benzene rings is 1. The Kier molecular flexibility index (Phi) is 3.83. The van der Waals surface area contributed by atoms with Crippen molar-refractivity contribution in [1.82, 2.24) is 9.88 Å². The molecule has 0 bridgehead atoms. The maximum Gasteiger partial charge on any atom is 0.258 e. The number of nitrogens with two attached hydrogens (primary N) is 1. The lowest BCUT2D eigenvalue weighted by Gasteiger charge is -2.21. The van der Waals surface area contributed by atoms with Gasteiger partial charge in [0.1, 0.15) is 12.4 Å². The number of amides is 1. The number of pyridine rings is 1. The van der Waals surface area contributed by atoms with Gasteiger partial charge in [0.05, 0.1) is 17.8 Å². The molecule has 0 fully saturated rings. The smallest absolute Gasteiger partial charge is 0.258 e. The van der Waals surface area contributed by atoms with Crippen LogP contribution >= 0.6 is 0 Å². The van der Waals surface area contributed by atoms with Crippen molar-refractivity contribution in [3.63, 3.8) is 0 Å². The molecule has 0 aliphatic carbocycles. The molecule has 0 unspecified atom stereocenters. The second-order valence-electron chi connectivity index (χ2n) is 4.88. The van der Waals surface area contributed by atoms with E-state index in [2.05, 4.69) is 4.98 Å². The van der Waals surface area contributed by atoms with Crippen molar-refractivity contribution < 1.29 is 9.53 Å². The molecular formula is C16H17N3O2. The minimum absolute atomic E-state index is 0.0186. The third-order valence-corrected chi connectivity index (χ3v) is 3.56. The summed E-state index contributed by atoms with van der Waals surface area (Å²) in [5.41, 5.74) is 8.11. The van der Waals surface area contributed by atoms with Gasteiger partial charge in [0.25, 0.3) is 5.91 Å². The van der Waals surface area contributed by atoms with Gasteiger partial charge >= 0.3 is 0 Å². The van der Waals surface area contributed by atoms with E-state index in [9.17, 15) is 4.79 Å². The van der Waals surface area contributed by atoms with Crippen molar-refractivity contribution in [2.24, 2.45) is 5.73 Å². The van der Waals surface area contributed by atoms with E-state index < -0.39 is 0 Å². The summed E-state index contributed by atoms with van der Waals surface area (Å²) in [6.07, 6.45) is 1.72. The third kappa shape index (κ3) is 2.73. The molecule has 1 aliphatic heterocycles. The summed E-state index contributed by atoms with van der Waals surface area (Å²) >= 11 is 0. The van der Waals surface area contributed by atoms with Gasteiger partial charge in [-0.15, -0.1) is 0 Å². The highest BCUT2D eigenvalue weighted by Gasteiger charge is 2.23. The van der Waals surface area contributed by atoms with Crippen molar-refractivity contribution in [1.29, 1.82) is 0 Å². The van der Waals surface area contributed by atoms with Crippen LogP contribution in [0.4, 0.5) is 0 Å². The molecule has 2 aromatic rings. The van der Waals surface area contributed by atoms with Gasteiger partial charge in [0.15, 0.2) is 0 Å². The highest BCUT2D eigenvalue weighted by atomic mass is 16.5. The Balaban J connectivity index is 1.88. The monoisotopic (exact) mass is 283 g/mol. The molecule has 1 aromatic heterocycles. The zero-order valence-corrected chi connectivity index (χ0v) is 11.7. The van der Waals surface area contributed by atoms with Crippen LogP contribution in [-0.4, -0.2) is 28.9 Å². The largest absolute Gasteiger partial charge is 0.491 e. The van der Waals surface area contributed by atoms with Gasteiger partial charge in [-0.05, 0) is 23.8 Å². The zero-order valence-electron chi connectivity index (χ0n) is 11.7. The molecule has 0 radical (unpaired) electrons. The van der Waals surface area contributed by atoms with Crippen LogP contribution in [-0.2, 0) is 13.1 Å². The summed E-state index contributed by atoms with van der Waals surface area (Å²) < 4.78 is 5.64. The first-order valence-electron chi connectivity index (χ1n) is 6.93. The minimum atomic E-state index is -0.0186. The van der Waals surface area contributed by atoms with Gasteiger partial charge in [0.2, 0.25) is 0 Å². The molecule has 2 N–H and O–H groups in total. The summed E-state index contributed by atoms with van der Waals surface area (Å²) in [6, 6.07) is 11.2. The molecule has 2 heterocycles. The van der Waals surface area contributed by atoms with Crippen LogP contribution < -0.4 is 10.5 Å². The van der Waals surface area contributed by atoms with Crippen molar-refractivity contribution in [2.75, 3.05) is 13.2 Å². The number of carbonyl (C=O) groups excluding carboxylic acids is 1. The molecule has 1 amide bonds. The molecule has 1 aromatic carbocycles. The number of ether oxygens (including phenoxy) is 1. The van der Waals surface area contributed by atoms with Crippen molar-refractivity contribution in [3.8, 4) is 5.75 Å². The van der Waals surface area contributed by atoms with Crippen LogP contribution in [0, 0.1) is 0 Å². The topological polar surface area (TPSA) is 68.4 Å². The van der Waals surface area contributed by atoms with Crippen molar-refractivity contribution >= 4 is 5.91 Å². The molecule has 5 heteroatoms. The number of para-hydroxylation sites is 1. The van der Waals surface area contributed by atoms with E-state index >= 15 is 0 Å². The highest BCUT2D eigenvalue weighted by molar-refractivity contribution is 5.97. The molecule has 0 saturated heterocycles. The molecule has 0 atom stereocenters. The molecule has 0 spiro atoms. The summed E-state index contributed by atoms with van der Waals surface area (Å²) in [5, 5.41) is 0. The van der Waals surface area contributed by atoms with Gasteiger partial charge in [-0.3, -0.25) is 9.78 Å². The van der Waals surface area contributed by atoms with Crippen LogP contribution in [0.2, 0.25) is 0 Å². The van der Waals surface area contributed by atoms with E-state index in [1.807, 2.05) is 30.3 Å². The molecule has 5 nitrogen and oxygen atoms in total. The fraction of sp³-hybridized carbons (Fsp3) is 0.250. The van der Waals surface area contributed by atoms with Gasteiger partial charge in [-0.1, -0.05) is 18.2 Å². The van der Waals surface area contributed by atoms with Crippen molar-refractivity contribution in [2.45, 2.75) is 13.1 Å². The van der Waals surface area contributed by atoms with Crippen LogP contribution in [0.25, 0.3) is 0 Å². The molecular weight excluding hydrogens is 266 g/mol. The van der Waals surface area contributed by atoms with E-state index in [1.54, 1.807) is 17.2 Å². The van der Waals surface area contributed by atoms with Crippen LogP contribution in [0.15, 0.2) is 42.6 Å². The second kappa shape index (κ2) is 5.93. The number of hydrogen-bond acceptors (Lipinski definition) is 4. The molecule has 21 heavy (non-hydrogen) atoms. The predicted octanol–water partition coefficient (Wildman–Crippen LogP) is 1.58. The first-order chi connectivity index (χ1) is 10.3. The lowest BCUT2D eigenvalue weighted by atomic mass is 10.1. The van der Waals surface area contributed by atoms with Gasteiger partial charge in [-0.25, -0.2) is 0 Å². The predicted molar refractivity (Wildman–Crippen MR) is 78.8 cm³/mol. The average molecular weight is 283 g/mol. The van der Waals surface area contributed by atoms with Crippen LogP contribution in [0.5, 0.6) is 5.75 Å². The summed E-state index contributed by atoms with van der Waals surface area (Å²) in [5.74, 6) is 0.630. The lowest BCUT2D eigenvalue weighted by Crippen LogP contribution is -2.32. The number of rotatable bonds is 3. The maximum atomic E-state index is 12.6. The Bertz CT molecular complexity index is 657. The Morgan fingerprint density at radius 3 is 2.95 bits per heavy atom. The zero-order chi connectivity index (χ0) is 14.7. The van der Waals surface area contributed by atoms with Crippen LogP contribution in [0.3, 0.4) is 0 Å². The van der Waals surface area contributed by atoms with E-state index in [-0.39, 0.29) is 5.91 Å². The Morgan fingerprint density at radius 2 is 2.10 bits per heavy atom. The van der Waals surface area contributed by atoms with Gasteiger partial charge < -0.3 is 15.4 Å². The molecule has 0 saturated carbocycles. The van der Waals surface area contributed by atoms with Gasteiger partial charge in [-0.2, -0.15) is 0 Å². The average Bonchev–Trinajstić information content (AvgIpc) is 2.68. The lowest BCUT2D eigenvalue weighted by molar-refractivity contribution is 0.0742. The quantitative estimate of drug-likeness (QED) is 0.928. The van der Waals surface area contributed by atoms with Crippen molar-refractivity contribution in [3.05, 3.63) is 59.4 Å². The summed E-state index contributed by atoms with van der Waals surface area (Å²) in [7, 11) is 0. The normalized spacial score (nSPS) is 14.3. The van der Waals surface area contributed by atoms with E-state index in [0.717, 1.165) is 11.3 Å². The summed E-state index contributed by atoms with van der Waals surface area (Å²) in [4.78, 5) is 18.7. The number of fused-ring (bicyclic) bond motifs is 1. The molecule has 1 aliphatic rings. The fourth-order valence-corrected chi connectivity index (χ4v) is 2.46. The standard InChI is InChI=1S/C16H17N3O2/c17-10-14-12(4-3-7-18-14)11-19-8-9-21-15-6-2-1-5-13(15)16(19)20/h1-7H,8-11,17H2. The SMILES string of the molecule is NCc1ncccc1CN1CCOc2ccccc2C1=O. The van der Waals surface area contributed by atoms with E-state index in [4.69, 9.17) is 10.5 Å². The fourth-order valence-electron chi connectivity index (χ4n) is 2.46. The second-order valence-corrected chi connectivity index (χ2v) is 4.88. The minimum Gasteiger partial charge on any atom is -0.491 e. The Morgan fingerprint density at radius 1 is 1.24 bits per heavy atom. The number of nitrogens with zero attached hydrogens (tertiary/aromatic N) is 2. The van der Waals surface area contributed by atoms with E-state index in [1.165, 1.54) is 0 Å². The first-order valence-corrected chi connectivity index (χ1v) is 6.93. The maximum absolute atomic E-state index is 12.6. The van der Waals surface area contributed by atoms with E-state index in [0.29, 0.717) is 37.6 Å². The molecule has 108 valence electrons. The number of aromatic nitrogens is 1. The number of hydrogen-bond donors (Lipinski definition) is 1. The van der Waals surface area contributed by atoms with Crippen LogP contribution in [0.1, 0.15) is 21.6 Å². The third-order valence-electron chi connectivity index (χ3n) is 3.56. The summed E-state index contributed by atoms with van der Waals surface area (Å²) in [6.45, 7) is 1.90.